The largest absolute Gasteiger partial charge is 0.492 e. The van der Waals surface area contributed by atoms with Gasteiger partial charge in [-0.2, -0.15) is 5.10 Å². The van der Waals surface area contributed by atoms with Crippen molar-refractivity contribution in [3.05, 3.63) is 35.7 Å². The van der Waals surface area contributed by atoms with Gasteiger partial charge in [0.15, 0.2) is 0 Å². The van der Waals surface area contributed by atoms with E-state index in [2.05, 4.69) is 28.9 Å². The van der Waals surface area contributed by atoms with Crippen molar-refractivity contribution in [3.8, 4) is 5.75 Å². The number of nitrogens with one attached hydrogen (secondary N) is 1. The smallest absolute Gasteiger partial charge is 0.321 e. The Bertz CT molecular complexity index is 989. The van der Waals surface area contributed by atoms with Gasteiger partial charge >= 0.3 is 5.97 Å². The Morgan fingerprint density at radius 2 is 1.88 bits per heavy atom. The Labute approximate surface area is 206 Å². The van der Waals surface area contributed by atoms with Crippen molar-refractivity contribution in [2.75, 3.05) is 31.2 Å². The molecule has 1 unspecified atom stereocenters. The number of fused-ring (bicyclic) bond motifs is 1. The molecule has 8 nitrogen and oxygen atoms in total. The van der Waals surface area contributed by atoms with Gasteiger partial charge in [-0.25, -0.2) is 0 Å². The standard InChI is InChI=1S/C25H36N4O4S/c1-7-10-20-22-21(27-26-20)23(30)29(17(4)28(22)8-2)15-16-33-18-11-13-19(14-12-18)34-25(5,6)24(31)32-9-3/h11-14,17H,7-10,15-16H2,1-6H3,(H,26,27). The maximum absolute atomic E-state index is 13.2. The molecule has 2 heterocycles. The zero-order chi connectivity index (χ0) is 24.9. The number of carbonyl (C=O) groups excluding carboxylic acids is 2. The molecule has 0 spiro atoms. The maximum Gasteiger partial charge on any atom is 0.321 e. The number of rotatable bonds is 11. The molecular weight excluding hydrogens is 452 g/mol. The second-order valence-electron chi connectivity index (χ2n) is 8.71. The van der Waals surface area contributed by atoms with E-state index in [-0.39, 0.29) is 18.0 Å². The quantitative estimate of drug-likeness (QED) is 0.368. The number of hydrogen-bond donors (Lipinski definition) is 1. The van der Waals surface area contributed by atoms with Crippen LogP contribution in [0.15, 0.2) is 29.2 Å². The SMILES string of the molecule is CCCc1n[nH]c2c1N(CC)C(C)N(CCOc1ccc(SC(C)(C)C(=O)OCC)cc1)C2=O. The molecule has 0 aliphatic carbocycles. The van der Waals surface area contributed by atoms with Gasteiger partial charge in [-0.3, -0.25) is 14.7 Å². The van der Waals surface area contributed by atoms with Crippen LogP contribution in [0.5, 0.6) is 5.75 Å². The third-order valence-corrected chi connectivity index (χ3v) is 7.05. The summed E-state index contributed by atoms with van der Waals surface area (Å²) in [6.07, 6.45) is 1.74. The first kappa shape index (κ1) is 25.9. The van der Waals surface area contributed by atoms with Crippen LogP contribution in [-0.4, -0.2) is 64.2 Å². The van der Waals surface area contributed by atoms with Gasteiger partial charge in [-0.15, -0.1) is 11.8 Å². The van der Waals surface area contributed by atoms with Crippen LogP contribution in [0.4, 0.5) is 5.69 Å². The lowest BCUT2D eigenvalue weighted by Crippen LogP contribution is -2.54. The summed E-state index contributed by atoms with van der Waals surface area (Å²) in [6.45, 7) is 13.8. The predicted molar refractivity (Wildman–Crippen MR) is 135 cm³/mol. The van der Waals surface area contributed by atoms with E-state index in [0.29, 0.717) is 25.5 Å². The Balaban J connectivity index is 1.60. The van der Waals surface area contributed by atoms with Gasteiger partial charge in [0, 0.05) is 11.4 Å². The highest BCUT2D eigenvalue weighted by Crippen LogP contribution is 2.35. The fourth-order valence-electron chi connectivity index (χ4n) is 4.13. The summed E-state index contributed by atoms with van der Waals surface area (Å²) in [5.41, 5.74) is 2.46. The van der Waals surface area contributed by atoms with Gasteiger partial charge < -0.3 is 19.3 Å². The molecular formula is C25H36N4O4S. The Hall–Kier alpha value is -2.68. The van der Waals surface area contributed by atoms with Crippen molar-refractivity contribution in [1.29, 1.82) is 0 Å². The average Bonchev–Trinajstić information content (AvgIpc) is 3.21. The van der Waals surface area contributed by atoms with E-state index in [9.17, 15) is 9.59 Å². The van der Waals surface area contributed by atoms with Crippen LogP contribution in [0.2, 0.25) is 0 Å². The van der Waals surface area contributed by atoms with E-state index in [0.717, 1.165) is 41.4 Å². The third kappa shape index (κ3) is 5.51. The number of amides is 1. The molecule has 1 aliphatic rings. The highest BCUT2D eigenvalue weighted by molar-refractivity contribution is 8.01. The minimum Gasteiger partial charge on any atom is -0.492 e. The molecule has 1 amide bonds. The summed E-state index contributed by atoms with van der Waals surface area (Å²) in [6, 6.07) is 7.63. The number of hydrogen-bond acceptors (Lipinski definition) is 7. The van der Waals surface area contributed by atoms with Gasteiger partial charge in [0.05, 0.1) is 24.5 Å². The monoisotopic (exact) mass is 488 g/mol. The van der Waals surface area contributed by atoms with Crippen molar-refractivity contribution in [3.63, 3.8) is 0 Å². The van der Waals surface area contributed by atoms with Gasteiger partial charge in [0.1, 0.15) is 29.0 Å². The van der Waals surface area contributed by atoms with Crippen LogP contribution in [-0.2, 0) is 16.0 Å². The first-order valence-corrected chi connectivity index (χ1v) is 12.8. The zero-order valence-electron chi connectivity index (χ0n) is 21.0. The molecule has 0 bridgehead atoms. The van der Waals surface area contributed by atoms with Crippen molar-refractivity contribution in [2.45, 2.75) is 70.2 Å². The lowest BCUT2D eigenvalue weighted by molar-refractivity contribution is -0.145. The zero-order valence-corrected chi connectivity index (χ0v) is 21.8. The van der Waals surface area contributed by atoms with Crippen LogP contribution in [0, 0.1) is 0 Å². The van der Waals surface area contributed by atoms with E-state index in [1.165, 1.54) is 11.8 Å². The molecule has 0 saturated carbocycles. The number of carbonyl (C=O) groups is 2. The normalized spacial score (nSPS) is 15.9. The number of ether oxygens (including phenoxy) is 2. The van der Waals surface area contributed by atoms with Gasteiger partial charge in [0.2, 0.25) is 0 Å². The topological polar surface area (TPSA) is 87.8 Å². The molecule has 34 heavy (non-hydrogen) atoms. The molecule has 1 aromatic carbocycles. The molecule has 9 heteroatoms. The van der Waals surface area contributed by atoms with Gasteiger partial charge in [0.25, 0.3) is 5.91 Å². The van der Waals surface area contributed by atoms with Crippen LogP contribution >= 0.6 is 11.8 Å². The fourth-order valence-corrected chi connectivity index (χ4v) is 5.13. The van der Waals surface area contributed by atoms with Crippen LogP contribution in [0.25, 0.3) is 0 Å². The van der Waals surface area contributed by atoms with Crippen molar-refractivity contribution in [2.24, 2.45) is 0 Å². The first-order valence-electron chi connectivity index (χ1n) is 12.0. The summed E-state index contributed by atoms with van der Waals surface area (Å²) in [4.78, 5) is 30.3. The molecule has 1 atom stereocenters. The highest BCUT2D eigenvalue weighted by Gasteiger charge is 2.37. The predicted octanol–water partition coefficient (Wildman–Crippen LogP) is 4.50. The third-order valence-electron chi connectivity index (χ3n) is 5.87. The molecule has 1 aliphatic heterocycles. The molecule has 3 rings (SSSR count). The minimum atomic E-state index is -0.670. The fraction of sp³-hybridized carbons (Fsp3) is 0.560. The van der Waals surface area contributed by atoms with E-state index >= 15 is 0 Å². The Morgan fingerprint density at radius 3 is 2.50 bits per heavy atom. The number of esters is 1. The number of aromatic amines is 1. The van der Waals surface area contributed by atoms with Gasteiger partial charge in [-0.05, 0) is 65.3 Å². The number of anilines is 1. The molecule has 186 valence electrons. The molecule has 1 aromatic heterocycles. The summed E-state index contributed by atoms with van der Waals surface area (Å²) in [7, 11) is 0. The maximum atomic E-state index is 13.2. The molecule has 0 radical (unpaired) electrons. The highest BCUT2D eigenvalue weighted by atomic mass is 32.2. The number of nitrogens with zero attached hydrogens (tertiary/aromatic N) is 3. The number of benzene rings is 1. The molecule has 0 fully saturated rings. The second-order valence-corrected chi connectivity index (χ2v) is 10.4. The molecule has 1 N–H and O–H groups in total. The van der Waals surface area contributed by atoms with E-state index in [4.69, 9.17) is 9.47 Å². The lowest BCUT2D eigenvalue weighted by Gasteiger charge is -2.42. The number of thioether (sulfide) groups is 1. The number of H-pyrrole nitrogens is 1. The average molecular weight is 489 g/mol. The van der Waals surface area contributed by atoms with Crippen molar-refractivity contribution < 1.29 is 19.1 Å². The van der Waals surface area contributed by atoms with Crippen molar-refractivity contribution in [1.82, 2.24) is 15.1 Å². The minimum absolute atomic E-state index is 0.0430. The van der Waals surface area contributed by atoms with Crippen LogP contribution < -0.4 is 9.64 Å². The Kier molecular flexibility index (Phi) is 8.52. The summed E-state index contributed by atoms with van der Waals surface area (Å²) in [5.74, 6) is 0.442. The molecule has 2 aromatic rings. The van der Waals surface area contributed by atoms with E-state index in [1.807, 2.05) is 49.9 Å². The summed E-state index contributed by atoms with van der Waals surface area (Å²) >= 11 is 1.45. The molecule has 0 saturated heterocycles. The number of aryl methyl sites for hydroxylation is 1. The van der Waals surface area contributed by atoms with Crippen molar-refractivity contribution >= 4 is 29.3 Å². The van der Waals surface area contributed by atoms with E-state index in [1.54, 1.807) is 6.92 Å². The summed E-state index contributed by atoms with van der Waals surface area (Å²) < 4.78 is 10.4. The van der Waals surface area contributed by atoms with E-state index < -0.39 is 4.75 Å². The van der Waals surface area contributed by atoms with Crippen LogP contribution in [0.1, 0.15) is 64.1 Å². The second kappa shape index (κ2) is 11.2. The summed E-state index contributed by atoms with van der Waals surface area (Å²) in [5, 5.41) is 7.38. The van der Waals surface area contributed by atoms with Gasteiger partial charge in [-0.1, -0.05) is 13.3 Å². The lowest BCUT2D eigenvalue weighted by atomic mass is 10.1. The first-order chi connectivity index (χ1) is 16.2. The Morgan fingerprint density at radius 1 is 1.18 bits per heavy atom. The van der Waals surface area contributed by atoms with Crippen LogP contribution in [0.3, 0.4) is 0 Å². The number of aromatic nitrogens is 2.